The highest BCUT2D eigenvalue weighted by atomic mass is 16.5. The van der Waals surface area contributed by atoms with Gasteiger partial charge in [-0.25, -0.2) is 0 Å². The molecule has 0 radical (unpaired) electrons. The minimum atomic E-state index is -0.267. The Bertz CT molecular complexity index is 275. The summed E-state index contributed by atoms with van der Waals surface area (Å²) < 4.78 is 0. The first kappa shape index (κ1) is 8.83. The quantitative estimate of drug-likeness (QED) is 0.395. The number of benzene rings is 1. The first-order chi connectivity index (χ1) is 5.65. The van der Waals surface area contributed by atoms with Crippen molar-refractivity contribution in [2.24, 2.45) is 0 Å². The summed E-state index contributed by atoms with van der Waals surface area (Å²) in [5.74, 6) is -0.349. The van der Waals surface area contributed by atoms with E-state index in [1.54, 1.807) is 13.0 Å². The molecule has 0 fully saturated rings. The van der Waals surface area contributed by atoms with Crippen molar-refractivity contribution in [3.63, 3.8) is 0 Å². The van der Waals surface area contributed by atoms with Gasteiger partial charge < -0.3 is 15.4 Å². The summed E-state index contributed by atoms with van der Waals surface area (Å²) in [6.07, 6.45) is 0. The van der Waals surface area contributed by atoms with E-state index in [2.05, 4.69) is 0 Å². The van der Waals surface area contributed by atoms with Crippen molar-refractivity contribution >= 4 is 0 Å². The number of hydrogen-bond acceptors (Lipinski definition) is 4. The van der Waals surface area contributed by atoms with E-state index in [1.165, 1.54) is 12.1 Å². The van der Waals surface area contributed by atoms with Crippen molar-refractivity contribution in [3.8, 4) is 11.5 Å². The summed E-state index contributed by atoms with van der Waals surface area (Å²) in [6.45, 7) is 1.73. The number of hydroxylamine groups is 1. The van der Waals surface area contributed by atoms with Crippen LogP contribution in [-0.4, -0.2) is 15.4 Å². The number of aromatic hydroxyl groups is 2. The fourth-order valence-corrected chi connectivity index (χ4v) is 0.884. The average molecular weight is 169 g/mol. The molecule has 4 heteroatoms. The van der Waals surface area contributed by atoms with E-state index in [-0.39, 0.29) is 17.5 Å². The average Bonchev–Trinajstić information content (AvgIpc) is 2.08. The van der Waals surface area contributed by atoms with Crippen LogP contribution in [0.1, 0.15) is 18.5 Å². The minimum Gasteiger partial charge on any atom is -0.504 e. The molecule has 0 aliphatic carbocycles. The van der Waals surface area contributed by atoms with Gasteiger partial charge in [-0.05, 0) is 24.6 Å². The molecule has 0 saturated carbocycles. The molecule has 1 aromatic rings. The first-order valence-corrected chi connectivity index (χ1v) is 3.56. The first-order valence-electron chi connectivity index (χ1n) is 3.56. The standard InChI is InChI=1S/C8H11NO3/c1-5(9-12)6-2-3-7(10)8(11)4-6/h2-5,9-12H,1H3/t5-/m1/s1. The predicted molar refractivity (Wildman–Crippen MR) is 43.1 cm³/mol. The molecular weight excluding hydrogens is 158 g/mol. The van der Waals surface area contributed by atoms with Gasteiger partial charge in [-0.15, -0.1) is 0 Å². The summed E-state index contributed by atoms with van der Waals surface area (Å²) in [7, 11) is 0. The molecule has 0 aromatic heterocycles. The Kier molecular flexibility index (Phi) is 2.52. The molecule has 4 N–H and O–H groups in total. The number of nitrogens with one attached hydrogen (secondary N) is 1. The zero-order valence-corrected chi connectivity index (χ0v) is 6.65. The molecule has 1 rings (SSSR count). The number of rotatable bonds is 2. The minimum absolute atomic E-state index is 0.163. The second-order valence-corrected chi connectivity index (χ2v) is 2.60. The molecule has 0 saturated heterocycles. The predicted octanol–water partition coefficient (Wildman–Crippen LogP) is 1.14. The molecule has 1 aromatic carbocycles. The van der Waals surface area contributed by atoms with Crippen LogP contribution >= 0.6 is 0 Å². The Morgan fingerprint density at radius 2 is 1.92 bits per heavy atom. The topological polar surface area (TPSA) is 72.7 Å². The normalized spacial score (nSPS) is 12.8. The van der Waals surface area contributed by atoms with Crippen LogP contribution in [0.2, 0.25) is 0 Å². The highest BCUT2D eigenvalue weighted by Crippen LogP contribution is 2.27. The molecule has 0 unspecified atom stereocenters. The van der Waals surface area contributed by atoms with Gasteiger partial charge in [0.15, 0.2) is 11.5 Å². The lowest BCUT2D eigenvalue weighted by atomic mass is 10.1. The van der Waals surface area contributed by atoms with E-state index in [4.69, 9.17) is 15.4 Å². The summed E-state index contributed by atoms with van der Waals surface area (Å²) in [5.41, 5.74) is 2.74. The Labute approximate surface area is 70.0 Å². The van der Waals surface area contributed by atoms with Gasteiger partial charge in [-0.3, -0.25) is 0 Å². The Morgan fingerprint density at radius 1 is 1.25 bits per heavy atom. The fourth-order valence-electron chi connectivity index (χ4n) is 0.884. The van der Waals surface area contributed by atoms with Crippen LogP contribution in [-0.2, 0) is 0 Å². The van der Waals surface area contributed by atoms with Crippen molar-refractivity contribution in [3.05, 3.63) is 23.8 Å². The maximum absolute atomic E-state index is 9.09. The van der Waals surface area contributed by atoms with Gasteiger partial charge in [0.05, 0.1) is 6.04 Å². The van der Waals surface area contributed by atoms with Gasteiger partial charge in [-0.1, -0.05) is 6.07 Å². The summed E-state index contributed by atoms with van der Waals surface area (Å²) in [6, 6.07) is 4.11. The molecule has 1 atom stereocenters. The van der Waals surface area contributed by atoms with Gasteiger partial charge in [0.2, 0.25) is 0 Å². The molecule has 0 aliphatic heterocycles. The fraction of sp³-hybridized carbons (Fsp3) is 0.250. The molecular formula is C8H11NO3. The molecule has 12 heavy (non-hydrogen) atoms. The van der Waals surface area contributed by atoms with Crippen LogP contribution in [0, 0.1) is 0 Å². The summed E-state index contributed by atoms with van der Waals surface area (Å²) >= 11 is 0. The van der Waals surface area contributed by atoms with Crippen LogP contribution in [0.5, 0.6) is 11.5 Å². The zero-order chi connectivity index (χ0) is 9.14. The van der Waals surface area contributed by atoms with Gasteiger partial charge in [0, 0.05) is 0 Å². The zero-order valence-electron chi connectivity index (χ0n) is 6.65. The van der Waals surface area contributed by atoms with E-state index in [1.807, 2.05) is 5.48 Å². The maximum atomic E-state index is 9.09. The number of hydrogen-bond donors (Lipinski definition) is 4. The third-order valence-electron chi connectivity index (χ3n) is 1.69. The maximum Gasteiger partial charge on any atom is 0.157 e. The van der Waals surface area contributed by atoms with E-state index in [9.17, 15) is 0 Å². The van der Waals surface area contributed by atoms with Crippen molar-refractivity contribution in [1.29, 1.82) is 0 Å². The largest absolute Gasteiger partial charge is 0.504 e. The lowest BCUT2D eigenvalue weighted by Gasteiger charge is -2.09. The second-order valence-electron chi connectivity index (χ2n) is 2.60. The Hall–Kier alpha value is -1.26. The van der Waals surface area contributed by atoms with E-state index in [0.717, 1.165) is 0 Å². The van der Waals surface area contributed by atoms with Crippen molar-refractivity contribution < 1.29 is 15.4 Å². The van der Waals surface area contributed by atoms with Crippen LogP contribution in [0.25, 0.3) is 0 Å². The van der Waals surface area contributed by atoms with Crippen molar-refractivity contribution in [1.82, 2.24) is 5.48 Å². The van der Waals surface area contributed by atoms with Crippen molar-refractivity contribution in [2.75, 3.05) is 0 Å². The molecule has 0 bridgehead atoms. The Balaban J connectivity index is 2.96. The third kappa shape index (κ3) is 1.66. The van der Waals surface area contributed by atoms with Gasteiger partial charge in [0.1, 0.15) is 0 Å². The summed E-state index contributed by atoms with van der Waals surface area (Å²) in [5, 5.41) is 26.6. The van der Waals surface area contributed by atoms with Gasteiger partial charge in [0.25, 0.3) is 0 Å². The number of phenolic OH excluding ortho intramolecular Hbond substituents is 2. The molecule has 0 amide bonds. The lowest BCUT2D eigenvalue weighted by Crippen LogP contribution is -2.12. The molecule has 0 heterocycles. The van der Waals surface area contributed by atoms with Crippen LogP contribution in [0.3, 0.4) is 0 Å². The summed E-state index contributed by atoms with van der Waals surface area (Å²) in [4.78, 5) is 0. The molecule has 0 aliphatic rings. The van der Waals surface area contributed by atoms with Crippen LogP contribution in [0.15, 0.2) is 18.2 Å². The monoisotopic (exact) mass is 169 g/mol. The van der Waals surface area contributed by atoms with Crippen molar-refractivity contribution in [2.45, 2.75) is 13.0 Å². The van der Waals surface area contributed by atoms with E-state index < -0.39 is 0 Å². The smallest absolute Gasteiger partial charge is 0.157 e. The Morgan fingerprint density at radius 3 is 2.42 bits per heavy atom. The lowest BCUT2D eigenvalue weighted by molar-refractivity contribution is 0.133. The third-order valence-corrected chi connectivity index (χ3v) is 1.69. The van der Waals surface area contributed by atoms with Gasteiger partial charge >= 0.3 is 0 Å². The highest BCUT2D eigenvalue weighted by Gasteiger charge is 2.06. The molecule has 0 spiro atoms. The SMILES string of the molecule is C[C@@H](NO)c1ccc(O)c(O)c1. The molecule has 66 valence electrons. The van der Waals surface area contributed by atoms with Crippen LogP contribution in [0.4, 0.5) is 0 Å². The van der Waals surface area contributed by atoms with Gasteiger partial charge in [-0.2, -0.15) is 5.48 Å². The van der Waals surface area contributed by atoms with E-state index in [0.29, 0.717) is 5.56 Å². The number of phenols is 2. The molecule has 4 nitrogen and oxygen atoms in total. The van der Waals surface area contributed by atoms with Crippen LogP contribution < -0.4 is 5.48 Å². The van der Waals surface area contributed by atoms with E-state index >= 15 is 0 Å². The highest BCUT2D eigenvalue weighted by molar-refractivity contribution is 5.41. The second kappa shape index (κ2) is 3.42.